The predicted molar refractivity (Wildman–Crippen MR) is 121 cm³/mol. The Kier molecular flexibility index (Phi) is 6.31. The van der Waals surface area contributed by atoms with E-state index in [0.717, 1.165) is 30.8 Å². The molecular formula is C24H26N4O3. The van der Waals surface area contributed by atoms with Gasteiger partial charge in [0.2, 0.25) is 5.91 Å². The van der Waals surface area contributed by atoms with Crippen molar-refractivity contribution in [1.82, 2.24) is 9.97 Å². The number of aromatic nitrogens is 2. The number of hydrogen-bond donors (Lipinski definition) is 1. The molecule has 1 N–H and O–H groups in total. The fraction of sp³-hybridized carbons (Fsp3) is 0.292. The Hall–Kier alpha value is -3.61. The summed E-state index contributed by atoms with van der Waals surface area (Å²) in [6.45, 7) is 1.48. The normalized spacial score (nSPS) is 15.9. The molecule has 0 spiro atoms. The molecule has 0 saturated carbocycles. The van der Waals surface area contributed by atoms with E-state index in [4.69, 9.17) is 14.5 Å². The highest BCUT2D eigenvalue weighted by Gasteiger charge is 2.27. The lowest BCUT2D eigenvalue weighted by molar-refractivity contribution is -0.120. The number of carbonyl (C=O) groups is 1. The molecule has 2 heterocycles. The number of piperidine rings is 1. The van der Waals surface area contributed by atoms with Crippen LogP contribution in [0.1, 0.15) is 12.8 Å². The monoisotopic (exact) mass is 418 g/mol. The van der Waals surface area contributed by atoms with Gasteiger partial charge in [-0.15, -0.1) is 0 Å². The maximum absolute atomic E-state index is 12.9. The van der Waals surface area contributed by atoms with Crippen LogP contribution in [0.15, 0.2) is 60.8 Å². The molecule has 0 bridgehead atoms. The van der Waals surface area contributed by atoms with E-state index in [1.807, 2.05) is 42.5 Å². The number of ether oxygens (including phenoxy) is 2. The second-order valence-electron chi connectivity index (χ2n) is 7.45. The van der Waals surface area contributed by atoms with Crippen molar-refractivity contribution in [3.63, 3.8) is 0 Å². The number of rotatable bonds is 6. The summed E-state index contributed by atoms with van der Waals surface area (Å²) in [4.78, 5) is 24.3. The smallest absolute Gasteiger partial charge is 0.229 e. The molecule has 3 aromatic rings. The first-order valence-electron chi connectivity index (χ1n) is 10.3. The second kappa shape index (κ2) is 9.47. The lowest BCUT2D eigenvalue weighted by Gasteiger charge is -2.33. The molecular weight excluding hydrogens is 392 g/mol. The average Bonchev–Trinajstić information content (AvgIpc) is 2.84. The molecule has 1 atom stereocenters. The molecule has 1 fully saturated rings. The number of hydrogen-bond acceptors (Lipinski definition) is 6. The van der Waals surface area contributed by atoms with Crippen LogP contribution in [0.5, 0.6) is 11.5 Å². The highest BCUT2D eigenvalue weighted by molar-refractivity contribution is 5.93. The Morgan fingerprint density at radius 3 is 2.65 bits per heavy atom. The fourth-order valence-electron chi connectivity index (χ4n) is 3.81. The topological polar surface area (TPSA) is 76.6 Å². The van der Waals surface area contributed by atoms with Gasteiger partial charge < -0.3 is 19.7 Å². The van der Waals surface area contributed by atoms with E-state index in [2.05, 4.69) is 15.2 Å². The van der Waals surface area contributed by atoms with Crippen LogP contribution in [0.3, 0.4) is 0 Å². The van der Waals surface area contributed by atoms with Gasteiger partial charge in [0.05, 0.1) is 20.1 Å². The van der Waals surface area contributed by atoms with Gasteiger partial charge in [0.15, 0.2) is 17.3 Å². The zero-order chi connectivity index (χ0) is 21.6. The first kappa shape index (κ1) is 20.7. The first-order valence-corrected chi connectivity index (χ1v) is 10.3. The zero-order valence-electron chi connectivity index (χ0n) is 17.7. The minimum Gasteiger partial charge on any atom is -0.493 e. The molecule has 160 valence electrons. The van der Waals surface area contributed by atoms with Crippen LogP contribution in [0, 0.1) is 5.92 Å². The summed E-state index contributed by atoms with van der Waals surface area (Å²) in [6.07, 6.45) is 3.54. The number of benzene rings is 2. The lowest BCUT2D eigenvalue weighted by Crippen LogP contribution is -2.41. The van der Waals surface area contributed by atoms with Crippen molar-refractivity contribution in [2.75, 3.05) is 37.5 Å². The minimum atomic E-state index is -0.128. The molecule has 4 rings (SSSR count). The summed E-state index contributed by atoms with van der Waals surface area (Å²) in [6, 6.07) is 17.2. The molecule has 2 aromatic carbocycles. The number of carbonyl (C=O) groups excluding carboxylic acids is 1. The molecule has 1 aliphatic heterocycles. The number of anilines is 2. The van der Waals surface area contributed by atoms with Crippen molar-refractivity contribution >= 4 is 17.4 Å². The third-order valence-electron chi connectivity index (χ3n) is 5.44. The molecule has 0 aliphatic carbocycles. The van der Waals surface area contributed by atoms with E-state index >= 15 is 0 Å². The zero-order valence-corrected chi connectivity index (χ0v) is 17.7. The van der Waals surface area contributed by atoms with Crippen molar-refractivity contribution in [1.29, 1.82) is 0 Å². The van der Waals surface area contributed by atoms with Gasteiger partial charge >= 0.3 is 0 Å². The fourth-order valence-corrected chi connectivity index (χ4v) is 3.81. The predicted octanol–water partition coefficient (Wildman–Crippen LogP) is 4.02. The largest absolute Gasteiger partial charge is 0.493 e. The lowest BCUT2D eigenvalue weighted by atomic mass is 9.97. The molecule has 1 amide bonds. The summed E-state index contributed by atoms with van der Waals surface area (Å²) in [5, 5.41) is 3.01. The van der Waals surface area contributed by atoms with E-state index in [0.29, 0.717) is 29.6 Å². The van der Waals surface area contributed by atoms with E-state index in [1.54, 1.807) is 32.5 Å². The maximum atomic E-state index is 12.9. The number of methoxy groups -OCH3 is 2. The van der Waals surface area contributed by atoms with Gasteiger partial charge in [0.1, 0.15) is 5.82 Å². The molecule has 1 saturated heterocycles. The molecule has 1 aromatic heterocycles. The Balaban J connectivity index is 1.46. The Morgan fingerprint density at radius 1 is 1.06 bits per heavy atom. The average molecular weight is 418 g/mol. The Labute approximate surface area is 182 Å². The molecule has 0 radical (unpaired) electrons. The summed E-state index contributed by atoms with van der Waals surface area (Å²) >= 11 is 0. The van der Waals surface area contributed by atoms with Gasteiger partial charge in [-0.3, -0.25) is 4.79 Å². The number of nitrogens with zero attached hydrogens (tertiary/aromatic N) is 3. The summed E-state index contributed by atoms with van der Waals surface area (Å²) in [5.41, 5.74) is 1.66. The van der Waals surface area contributed by atoms with E-state index < -0.39 is 0 Å². The van der Waals surface area contributed by atoms with Gasteiger partial charge in [-0.25, -0.2) is 9.97 Å². The van der Waals surface area contributed by atoms with Crippen LogP contribution in [0.4, 0.5) is 11.5 Å². The van der Waals surface area contributed by atoms with Crippen LogP contribution in [0.2, 0.25) is 0 Å². The van der Waals surface area contributed by atoms with Crippen molar-refractivity contribution in [2.45, 2.75) is 12.8 Å². The summed E-state index contributed by atoms with van der Waals surface area (Å²) in [7, 11) is 3.16. The van der Waals surface area contributed by atoms with Crippen LogP contribution >= 0.6 is 0 Å². The van der Waals surface area contributed by atoms with Gasteiger partial charge in [-0.1, -0.05) is 30.3 Å². The van der Waals surface area contributed by atoms with Crippen LogP contribution in [0.25, 0.3) is 11.4 Å². The summed E-state index contributed by atoms with van der Waals surface area (Å²) in [5.74, 6) is 2.61. The maximum Gasteiger partial charge on any atom is 0.229 e. The van der Waals surface area contributed by atoms with Gasteiger partial charge in [-0.05, 0) is 31.0 Å². The van der Waals surface area contributed by atoms with Gasteiger partial charge in [0.25, 0.3) is 0 Å². The van der Waals surface area contributed by atoms with Crippen LogP contribution < -0.4 is 19.7 Å². The summed E-state index contributed by atoms with van der Waals surface area (Å²) < 4.78 is 10.6. The van der Waals surface area contributed by atoms with E-state index in [-0.39, 0.29) is 11.8 Å². The number of nitrogens with one attached hydrogen (secondary N) is 1. The van der Waals surface area contributed by atoms with Crippen LogP contribution in [-0.2, 0) is 4.79 Å². The van der Waals surface area contributed by atoms with Gasteiger partial charge in [0, 0.05) is 36.6 Å². The SMILES string of the molecule is COc1ccc(NC(=O)C2CCCN(c3ccnc(-c4ccccc4)n3)C2)cc1OC. The van der Waals surface area contributed by atoms with Crippen LogP contribution in [-0.4, -0.2) is 43.2 Å². The van der Waals surface area contributed by atoms with Gasteiger partial charge in [-0.2, -0.15) is 0 Å². The third kappa shape index (κ3) is 4.77. The quantitative estimate of drug-likeness (QED) is 0.652. The van der Waals surface area contributed by atoms with Crippen molar-refractivity contribution in [3.05, 3.63) is 60.8 Å². The Bertz CT molecular complexity index is 1040. The second-order valence-corrected chi connectivity index (χ2v) is 7.45. The number of amides is 1. The third-order valence-corrected chi connectivity index (χ3v) is 5.44. The van der Waals surface area contributed by atoms with Crippen molar-refractivity contribution in [3.8, 4) is 22.9 Å². The van der Waals surface area contributed by atoms with Crippen molar-refractivity contribution < 1.29 is 14.3 Å². The standard InChI is InChI=1S/C24H26N4O3/c1-30-20-11-10-19(15-21(20)31-2)26-24(29)18-9-6-14-28(16-18)22-12-13-25-23(27-22)17-7-4-3-5-8-17/h3-5,7-8,10-13,15,18H,6,9,14,16H2,1-2H3,(H,26,29). The highest BCUT2D eigenvalue weighted by atomic mass is 16.5. The van der Waals surface area contributed by atoms with E-state index in [1.165, 1.54) is 0 Å². The molecule has 1 unspecified atom stereocenters. The van der Waals surface area contributed by atoms with Crippen molar-refractivity contribution in [2.24, 2.45) is 5.92 Å². The Morgan fingerprint density at radius 2 is 1.87 bits per heavy atom. The first-order chi connectivity index (χ1) is 15.2. The molecule has 31 heavy (non-hydrogen) atoms. The molecule has 7 heteroatoms. The van der Waals surface area contributed by atoms with E-state index in [9.17, 15) is 4.79 Å². The molecule has 7 nitrogen and oxygen atoms in total. The molecule has 1 aliphatic rings. The minimum absolute atomic E-state index is 0.00532. The highest BCUT2D eigenvalue weighted by Crippen LogP contribution is 2.30.